The van der Waals surface area contributed by atoms with E-state index in [4.69, 9.17) is 5.11 Å². The second-order valence-corrected chi connectivity index (χ2v) is 6.60. The van der Waals surface area contributed by atoms with E-state index in [0.717, 1.165) is 17.3 Å². The van der Waals surface area contributed by atoms with Crippen LogP contribution in [0.3, 0.4) is 0 Å². The van der Waals surface area contributed by atoms with Gasteiger partial charge in [0.15, 0.2) is 0 Å². The fourth-order valence-corrected chi connectivity index (χ4v) is 4.07. The fraction of sp³-hybridized carbons (Fsp3) is 0.333. The molecule has 0 bridgehead atoms. The Morgan fingerprint density at radius 3 is 2.95 bits per heavy atom. The molecule has 2 unspecified atom stereocenters. The van der Waals surface area contributed by atoms with Crippen molar-refractivity contribution < 1.29 is 14.1 Å². The highest BCUT2D eigenvalue weighted by Gasteiger charge is 2.29. The largest absolute Gasteiger partial charge is 0.481 e. The Kier molecular flexibility index (Phi) is 3.98. The van der Waals surface area contributed by atoms with Gasteiger partial charge in [-0.1, -0.05) is 18.2 Å². The minimum Gasteiger partial charge on any atom is -0.481 e. The quantitative estimate of drug-likeness (QED) is 0.942. The molecule has 2 aromatic rings. The van der Waals surface area contributed by atoms with Gasteiger partial charge in [-0.3, -0.25) is 9.78 Å². The number of pyridine rings is 1. The first-order chi connectivity index (χ1) is 10.2. The number of aromatic nitrogens is 1. The maximum absolute atomic E-state index is 12.8. The molecule has 6 heteroatoms. The third-order valence-corrected chi connectivity index (χ3v) is 5.26. The van der Waals surface area contributed by atoms with Gasteiger partial charge in [0, 0.05) is 24.7 Å². The molecule has 1 N–H and O–H groups in total. The lowest BCUT2D eigenvalue weighted by Gasteiger charge is -2.29. The van der Waals surface area contributed by atoms with E-state index in [1.54, 1.807) is 16.6 Å². The monoisotopic (exact) mass is 304 g/mol. The number of benzene rings is 1. The number of carboxylic acid groups (broad SMARTS) is 1. The summed E-state index contributed by atoms with van der Waals surface area (Å²) < 4.78 is 14.5. The summed E-state index contributed by atoms with van der Waals surface area (Å²) in [5.41, 5.74) is 0.718. The number of carbonyl (C=O) groups is 1. The molecule has 1 aromatic carbocycles. The molecule has 1 saturated heterocycles. The molecule has 0 aliphatic carbocycles. The lowest BCUT2D eigenvalue weighted by molar-refractivity contribution is -0.142. The molecule has 5 nitrogen and oxygen atoms in total. The van der Waals surface area contributed by atoms with E-state index >= 15 is 0 Å². The SMILES string of the molecule is O=C(O)C1CCCN(S(=O)c2cccc3cccnc23)C1. The number of rotatable bonds is 3. The molecule has 0 spiro atoms. The Hall–Kier alpha value is -1.79. The Morgan fingerprint density at radius 2 is 2.14 bits per heavy atom. The van der Waals surface area contributed by atoms with Gasteiger partial charge < -0.3 is 5.11 Å². The minimum absolute atomic E-state index is 0.325. The van der Waals surface area contributed by atoms with Gasteiger partial charge in [-0.25, -0.2) is 8.51 Å². The smallest absolute Gasteiger partial charge is 0.307 e. The summed E-state index contributed by atoms with van der Waals surface area (Å²) in [6.45, 7) is 0.977. The van der Waals surface area contributed by atoms with Crippen molar-refractivity contribution in [2.24, 2.45) is 5.92 Å². The zero-order valence-electron chi connectivity index (χ0n) is 11.4. The second-order valence-electron chi connectivity index (χ2n) is 5.15. The highest BCUT2D eigenvalue weighted by atomic mass is 32.2. The van der Waals surface area contributed by atoms with Crippen LogP contribution >= 0.6 is 0 Å². The van der Waals surface area contributed by atoms with Crippen LogP contribution in [0.5, 0.6) is 0 Å². The lowest BCUT2D eigenvalue weighted by atomic mass is 10.0. The average Bonchev–Trinajstić information content (AvgIpc) is 2.53. The lowest BCUT2D eigenvalue weighted by Crippen LogP contribution is -2.39. The number of hydrogen-bond donors (Lipinski definition) is 1. The van der Waals surface area contributed by atoms with Crippen LogP contribution in [0, 0.1) is 5.92 Å². The molecule has 1 aromatic heterocycles. The van der Waals surface area contributed by atoms with Gasteiger partial charge in [0.05, 0.1) is 16.3 Å². The number of hydrogen-bond acceptors (Lipinski definition) is 3. The highest BCUT2D eigenvalue weighted by molar-refractivity contribution is 7.83. The normalized spacial score (nSPS) is 21.2. The van der Waals surface area contributed by atoms with Gasteiger partial charge in [0.2, 0.25) is 0 Å². The van der Waals surface area contributed by atoms with Gasteiger partial charge in [-0.15, -0.1) is 0 Å². The van der Waals surface area contributed by atoms with Crippen LogP contribution in [0.25, 0.3) is 10.9 Å². The van der Waals surface area contributed by atoms with E-state index in [2.05, 4.69) is 4.98 Å². The van der Waals surface area contributed by atoms with Crippen LogP contribution in [0.1, 0.15) is 12.8 Å². The Morgan fingerprint density at radius 1 is 1.33 bits per heavy atom. The van der Waals surface area contributed by atoms with Crippen LogP contribution in [0.2, 0.25) is 0 Å². The van der Waals surface area contributed by atoms with E-state index in [9.17, 15) is 9.00 Å². The first-order valence-corrected chi connectivity index (χ1v) is 8.01. The van der Waals surface area contributed by atoms with E-state index in [0.29, 0.717) is 24.4 Å². The summed E-state index contributed by atoms with van der Waals surface area (Å²) in [5, 5.41) is 10.1. The topological polar surface area (TPSA) is 70.5 Å². The predicted octanol–water partition coefficient (Wildman–Crippen LogP) is 2.05. The van der Waals surface area contributed by atoms with Crippen molar-refractivity contribution in [3.8, 4) is 0 Å². The summed E-state index contributed by atoms with van der Waals surface area (Å²) in [4.78, 5) is 16.1. The van der Waals surface area contributed by atoms with E-state index in [-0.39, 0.29) is 0 Å². The molecular formula is C15H16N2O3S. The molecule has 1 fully saturated rings. The fourth-order valence-electron chi connectivity index (χ4n) is 2.65. The standard InChI is InChI=1S/C15H16N2O3S/c18-15(19)12-6-3-9-17(10-12)21(20)13-7-1-4-11-5-2-8-16-14(11)13/h1-2,4-5,7-8,12H,3,6,9-10H2,(H,18,19). The third kappa shape index (κ3) is 2.82. The molecule has 0 amide bonds. The summed E-state index contributed by atoms with van der Waals surface area (Å²) in [6.07, 6.45) is 3.08. The zero-order valence-corrected chi connectivity index (χ0v) is 12.3. The van der Waals surface area contributed by atoms with E-state index in [1.807, 2.05) is 24.3 Å². The molecule has 21 heavy (non-hydrogen) atoms. The molecule has 2 atom stereocenters. The van der Waals surface area contributed by atoms with E-state index in [1.165, 1.54) is 0 Å². The number of fused-ring (bicyclic) bond motifs is 1. The van der Waals surface area contributed by atoms with Crippen LogP contribution in [0.15, 0.2) is 41.4 Å². The second kappa shape index (κ2) is 5.91. The molecular weight excluding hydrogens is 288 g/mol. The molecule has 0 radical (unpaired) electrons. The molecule has 2 heterocycles. The maximum atomic E-state index is 12.8. The molecule has 110 valence electrons. The molecule has 0 saturated carbocycles. The van der Waals surface area contributed by atoms with Gasteiger partial charge in [0.25, 0.3) is 0 Å². The molecule has 3 rings (SSSR count). The van der Waals surface area contributed by atoms with Crippen molar-refractivity contribution in [3.05, 3.63) is 36.5 Å². The highest BCUT2D eigenvalue weighted by Crippen LogP contribution is 2.25. The number of para-hydroxylation sites is 1. The average molecular weight is 304 g/mol. The summed E-state index contributed by atoms with van der Waals surface area (Å²) >= 11 is 0. The van der Waals surface area contributed by atoms with Crippen LogP contribution in [-0.2, 0) is 15.8 Å². The van der Waals surface area contributed by atoms with Crippen molar-refractivity contribution in [3.63, 3.8) is 0 Å². The van der Waals surface area contributed by atoms with Gasteiger partial charge in [-0.2, -0.15) is 0 Å². The van der Waals surface area contributed by atoms with Gasteiger partial charge in [-0.05, 0) is 25.0 Å². The maximum Gasteiger partial charge on any atom is 0.307 e. The molecule has 1 aliphatic heterocycles. The minimum atomic E-state index is -1.37. The predicted molar refractivity (Wildman–Crippen MR) is 80.1 cm³/mol. The zero-order chi connectivity index (χ0) is 14.8. The van der Waals surface area contributed by atoms with Gasteiger partial charge >= 0.3 is 5.97 Å². The van der Waals surface area contributed by atoms with Crippen molar-refractivity contribution in [2.45, 2.75) is 17.7 Å². The van der Waals surface area contributed by atoms with Crippen molar-refractivity contribution >= 4 is 27.9 Å². The number of carboxylic acids is 1. The Labute approximate surface area is 125 Å². The number of aliphatic carboxylic acids is 1. The number of piperidine rings is 1. The Bertz CT molecular complexity index is 699. The third-order valence-electron chi connectivity index (χ3n) is 3.75. The Balaban J connectivity index is 1.92. The van der Waals surface area contributed by atoms with E-state index < -0.39 is 22.9 Å². The van der Waals surface area contributed by atoms with Crippen molar-refractivity contribution in [2.75, 3.05) is 13.1 Å². The van der Waals surface area contributed by atoms with Crippen molar-refractivity contribution in [1.29, 1.82) is 0 Å². The first kappa shape index (κ1) is 14.2. The summed E-state index contributed by atoms with van der Waals surface area (Å²) in [5.74, 6) is -1.25. The van der Waals surface area contributed by atoms with Crippen LogP contribution in [0.4, 0.5) is 0 Å². The first-order valence-electron chi connectivity index (χ1n) is 6.90. The summed E-state index contributed by atoms with van der Waals surface area (Å²) in [6, 6.07) is 9.36. The molecule has 1 aliphatic rings. The van der Waals surface area contributed by atoms with Crippen LogP contribution < -0.4 is 0 Å². The van der Waals surface area contributed by atoms with Gasteiger partial charge in [0.1, 0.15) is 11.0 Å². The van der Waals surface area contributed by atoms with Crippen LogP contribution in [-0.4, -0.2) is 37.7 Å². The summed E-state index contributed by atoms with van der Waals surface area (Å²) in [7, 11) is -1.37. The number of nitrogens with zero attached hydrogens (tertiary/aromatic N) is 2. The van der Waals surface area contributed by atoms with Crippen molar-refractivity contribution in [1.82, 2.24) is 9.29 Å².